The van der Waals surface area contributed by atoms with Gasteiger partial charge in [-0.15, -0.1) is 0 Å². The second-order valence-corrected chi connectivity index (χ2v) is 9.90. The molecule has 38 heavy (non-hydrogen) atoms. The van der Waals surface area contributed by atoms with E-state index in [9.17, 15) is 9.59 Å². The number of nitrogens with one attached hydrogen (secondary N) is 1. The Hall–Kier alpha value is -4.27. The van der Waals surface area contributed by atoms with Crippen molar-refractivity contribution in [1.29, 1.82) is 0 Å². The van der Waals surface area contributed by atoms with Crippen LogP contribution in [0.25, 0.3) is 17.1 Å². The third kappa shape index (κ3) is 4.27. The minimum Gasteiger partial charge on any atom is -0.497 e. The van der Waals surface area contributed by atoms with Crippen LogP contribution in [-0.4, -0.2) is 27.4 Å². The maximum atomic E-state index is 15.2. The zero-order valence-corrected chi connectivity index (χ0v) is 21.0. The summed E-state index contributed by atoms with van der Waals surface area (Å²) in [5, 5.41) is 2.63. The summed E-state index contributed by atoms with van der Waals surface area (Å²) in [7, 11) is 2.80. The maximum Gasteiger partial charge on any atom is 0.297 e. The quantitative estimate of drug-likeness (QED) is 0.350. The first-order valence-electron chi connectivity index (χ1n) is 12.6. The van der Waals surface area contributed by atoms with Gasteiger partial charge in [-0.2, -0.15) is 4.68 Å². The molecule has 2 heterocycles. The van der Waals surface area contributed by atoms with Gasteiger partial charge in [0.1, 0.15) is 28.8 Å². The van der Waals surface area contributed by atoms with Crippen molar-refractivity contribution >= 4 is 11.6 Å². The normalized spacial score (nSPS) is 14.9. The number of hydrogen-bond acceptors (Lipinski definition) is 4. The number of ether oxygens (including phenoxy) is 1. The van der Waals surface area contributed by atoms with Crippen LogP contribution in [0.5, 0.6) is 5.75 Å². The summed E-state index contributed by atoms with van der Waals surface area (Å²) in [5.41, 5.74) is 1.07. The molecule has 2 aromatic heterocycles. The fourth-order valence-electron chi connectivity index (χ4n) is 4.85. The molecule has 9 heteroatoms. The van der Waals surface area contributed by atoms with Crippen molar-refractivity contribution < 1.29 is 18.3 Å². The van der Waals surface area contributed by atoms with Gasteiger partial charge in [-0.25, -0.2) is 13.8 Å². The number of rotatable bonds is 7. The van der Waals surface area contributed by atoms with Crippen molar-refractivity contribution in [2.75, 3.05) is 12.4 Å². The molecule has 2 saturated carbocycles. The molecule has 0 unspecified atom stereocenters. The number of carbonyl (C=O) groups excluding carboxylic acids is 1. The third-order valence-electron chi connectivity index (χ3n) is 7.25. The highest BCUT2D eigenvalue weighted by atomic mass is 19.1. The van der Waals surface area contributed by atoms with Crippen LogP contribution in [0.4, 0.5) is 14.5 Å². The Kier molecular flexibility index (Phi) is 5.86. The predicted octanol–water partition coefficient (Wildman–Crippen LogP) is 5.53. The zero-order chi connectivity index (χ0) is 26.6. The highest BCUT2D eigenvalue weighted by molar-refractivity contribution is 6.06. The highest BCUT2D eigenvalue weighted by Crippen LogP contribution is 2.41. The van der Waals surface area contributed by atoms with Gasteiger partial charge >= 0.3 is 0 Å². The van der Waals surface area contributed by atoms with Crippen molar-refractivity contribution in [2.45, 2.75) is 37.5 Å². The Morgan fingerprint density at radius 1 is 0.974 bits per heavy atom. The average Bonchev–Trinajstić information content (AvgIpc) is 3.83. The van der Waals surface area contributed by atoms with E-state index in [1.165, 1.54) is 23.5 Å². The topological polar surface area (TPSA) is 78.2 Å². The monoisotopic (exact) mass is 516 g/mol. The lowest BCUT2D eigenvalue weighted by atomic mass is 10.1. The van der Waals surface area contributed by atoms with E-state index in [4.69, 9.17) is 4.74 Å². The summed E-state index contributed by atoms with van der Waals surface area (Å²) in [6, 6.07) is 12.8. The first-order valence-corrected chi connectivity index (χ1v) is 12.6. The smallest absolute Gasteiger partial charge is 0.297 e. The summed E-state index contributed by atoms with van der Waals surface area (Å²) in [6.45, 7) is 0. The highest BCUT2D eigenvalue weighted by Gasteiger charge is 2.29. The molecule has 2 aromatic carbocycles. The number of aromatic nitrogens is 3. The number of halogens is 2. The number of amides is 1. The Balaban J connectivity index is 1.46. The molecule has 0 saturated heterocycles. The van der Waals surface area contributed by atoms with Gasteiger partial charge in [0, 0.05) is 30.9 Å². The molecule has 194 valence electrons. The van der Waals surface area contributed by atoms with E-state index in [1.807, 2.05) is 18.2 Å². The Bertz CT molecular complexity index is 1580. The molecule has 0 radical (unpaired) electrons. The first kappa shape index (κ1) is 24.1. The van der Waals surface area contributed by atoms with Gasteiger partial charge in [0.15, 0.2) is 5.82 Å². The lowest BCUT2D eigenvalue weighted by Gasteiger charge is -2.13. The Labute approximate surface area is 217 Å². The second kappa shape index (κ2) is 9.24. The molecule has 7 nitrogen and oxygen atoms in total. The Morgan fingerprint density at radius 3 is 2.13 bits per heavy atom. The van der Waals surface area contributed by atoms with Crippen LogP contribution in [0, 0.1) is 11.6 Å². The SMILES string of the molecule is COc1cc(F)c(-c2c(NC(=O)c3ccc(C4CC4)cc3)c(=O)n(-c3ccc(C4CC4)cn3)n2C)c(F)c1. The molecule has 4 aromatic rings. The average molecular weight is 517 g/mol. The minimum atomic E-state index is -0.934. The van der Waals surface area contributed by atoms with Gasteiger partial charge in [0.25, 0.3) is 11.5 Å². The van der Waals surface area contributed by atoms with Crippen LogP contribution in [0.2, 0.25) is 0 Å². The lowest BCUT2D eigenvalue weighted by molar-refractivity contribution is 0.102. The number of anilines is 1. The van der Waals surface area contributed by atoms with E-state index in [0.29, 0.717) is 17.4 Å². The van der Waals surface area contributed by atoms with Crippen molar-refractivity contribution in [3.63, 3.8) is 0 Å². The third-order valence-corrected chi connectivity index (χ3v) is 7.25. The van der Waals surface area contributed by atoms with Gasteiger partial charge < -0.3 is 10.1 Å². The van der Waals surface area contributed by atoms with E-state index < -0.39 is 28.7 Å². The van der Waals surface area contributed by atoms with Crippen LogP contribution >= 0.6 is 0 Å². The van der Waals surface area contributed by atoms with E-state index in [0.717, 1.165) is 48.9 Å². The van der Waals surface area contributed by atoms with Crippen LogP contribution in [0.3, 0.4) is 0 Å². The molecule has 0 aliphatic heterocycles. The van der Waals surface area contributed by atoms with Crippen molar-refractivity contribution in [3.05, 3.63) is 93.4 Å². The largest absolute Gasteiger partial charge is 0.497 e. The fraction of sp³-hybridized carbons (Fsp3) is 0.276. The van der Waals surface area contributed by atoms with Crippen molar-refractivity contribution in [2.24, 2.45) is 7.05 Å². The summed E-state index contributed by atoms with van der Waals surface area (Å²) < 4.78 is 38.0. The minimum absolute atomic E-state index is 0.00754. The predicted molar refractivity (Wildman–Crippen MR) is 139 cm³/mol. The summed E-state index contributed by atoms with van der Waals surface area (Å²) in [5.74, 6) is -1.17. The molecular weight excluding hydrogens is 490 g/mol. The van der Waals surface area contributed by atoms with E-state index in [2.05, 4.69) is 10.3 Å². The molecule has 0 atom stereocenters. The van der Waals surface area contributed by atoms with Crippen molar-refractivity contribution in [3.8, 4) is 22.8 Å². The van der Waals surface area contributed by atoms with Crippen LogP contribution in [0.15, 0.2) is 59.5 Å². The van der Waals surface area contributed by atoms with Gasteiger partial charge in [-0.05, 0) is 66.8 Å². The number of pyridine rings is 1. The first-order chi connectivity index (χ1) is 18.4. The van der Waals surface area contributed by atoms with Gasteiger partial charge in [-0.1, -0.05) is 18.2 Å². The summed E-state index contributed by atoms with van der Waals surface area (Å²) in [4.78, 5) is 31.3. The molecule has 2 aliphatic carbocycles. The number of benzene rings is 2. The number of carbonyl (C=O) groups is 1. The zero-order valence-electron chi connectivity index (χ0n) is 21.0. The summed E-state index contributed by atoms with van der Waals surface area (Å²) in [6.07, 6.45) is 6.17. The molecule has 1 amide bonds. The second-order valence-electron chi connectivity index (χ2n) is 9.90. The molecule has 0 spiro atoms. The molecular formula is C29H26F2N4O3. The van der Waals surface area contributed by atoms with Crippen molar-refractivity contribution in [1.82, 2.24) is 14.3 Å². The lowest BCUT2D eigenvalue weighted by Crippen LogP contribution is -2.23. The van der Waals surface area contributed by atoms with Crippen LogP contribution < -0.4 is 15.6 Å². The molecule has 1 N–H and O–H groups in total. The van der Waals surface area contributed by atoms with Crippen LogP contribution in [-0.2, 0) is 7.05 Å². The van der Waals surface area contributed by atoms with Gasteiger partial charge in [-0.3, -0.25) is 14.3 Å². The molecule has 2 fully saturated rings. The number of methoxy groups -OCH3 is 1. The molecule has 0 bridgehead atoms. The standard InChI is InChI=1S/C29H26F2N4O3/c1-34-27(25-22(30)13-21(38-2)14-23(25)31)26(33-28(36)19-9-7-17(8-10-19)16-3-4-16)29(37)35(34)24-12-11-20(15-32-24)18-5-6-18/h7-16,18H,3-6H2,1-2H3,(H,33,36). The van der Waals surface area contributed by atoms with Crippen LogP contribution in [0.1, 0.15) is 59.0 Å². The van der Waals surface area contributed by atoms with E-state index in [-0.39, 0.29) is 22.9 Å². The van der Waals surface area contributed by atoms with Gasteiger partial charge in [0.05, 0.1) is 12.7 Å². The Morgan fingerprint density at radius 2 is 1.58 bits per heavy atom. The van der Waals surface area contributed by atoms with E-state index in [1.54, 1.807) is 24.4 Å². The maximum absolute atomic E-state index is 15.2. The molecule has 6 rings (SSSR count). The number of nitrogens with zero attached hydrogens (tertiary/aromatic N) is 3. The summed E-state index contributed by atoms with van der Waals surface area (Å²) >= 11 is 0. The number of hydrogen-bond donors (Lipinski definition) is 1. The fourth-order valence-corrected chi connectivity index (χ4v) is 4.85. The molecule has 2 aliphatic rings. The van der Waals surface area contributed by atoms with Gasteiger partial charge in [0.2, 0.25) is 0 Å². The van der Waals surface area contributed by atoms with E-state index >= 15 is 8.78 Å².